The van der Waals surface area contributed by atoms with Crippen LogP contribution in [-0.4, -0.2) is 5.12 Å². The molecule has 1 aliphatic rings. The fourth-order valence-corrected chi connectivity index (χ4v) is 4.07. The number of rotatable bonds is 4. The van der Waals surface area contributed by atoms with E-state index in [-0.39, 0.29) is 10.7 Å². The van der Waals surface area contributed by atoms with Crippen LogP contribution in [0.5, 0.6) is 0 Å². The van der Waals surface area contributed by atoms with Gasteiger partial charge in [-0.05, 0) is 54.1 Å². The Kier molecular flexibility index (Phi) is 5.89. The van der Waals surface area contributed by atoms with Crippen LogP contribution in [0, 0.1) is 5.92 Å². The molecule has 0 heterocycles. The van der Waals surface area contributed by atoms with E-state index in [1.54, 1.807) is 0 Å². The van der Waals surface area contributed by atoms with Gasteiger partial charge in [0.1, 0.15) is 0 Å². The van der Waals surface area contributed by atoms with E-state index in [1.807, 2.05) is 12.1 Å². The minimum atomic E-state index is -2.51. The van der Waals surface area contributed by atoms with Crippen LogP contribution in [0.3, 0.4) is 0 Å². The normalized spacial score (nSPS) is 20.6. The number of benzene rings is 2. The second-order valence-corrected chi connectivity index (χ2v) is 7.88. The Balaban J connectivity index is 1.61. The standard InChI is InChI=1S/C21H22F2OS/c1-14-2-4-15(5-3-14)16-10-12-19(13-11-16)25-21(24)18-8-6-17(7-9-18)20(22)23/h6-15,20H,2-5H2,1H3/t14-,15-. The molecule has 0 atom stereocenters. The van der Waals surface area contributed by atoms with Gasteiger partial charge in [0.15, 0.2) is 0 Å². The van der Waals surface area contributed by atoms with E-state index in [1.165, 1.54) is 55.5 Å². The molecule has 1 fully saturated rings. The molecule has 0 aromatic heterocycles. The summed E-state index contributed by atoms with van der Waals surface area (Å²) >= 11 is 1.14. The molecule has 0 amide bonds. The molecule has 4 heteroatoms. The van der Waals surface area contributed by atoms with Gasteiger partial charge in [-0.1, -0.05) is 56.2 Å². The van der Waals surface area contributed by atoms with Gasteiger partial charge in [-0.2, -0.15) is 0 Å². The third kappa shape index (κ3) is 4.69. The highest BCUT2D eigenvalue weighted by atomic mass is 32.2. The lowest BCUT2D eigenvalue weighted by molar-refractivity contribution is 0.108. The maximum Gasteiger partial charge on any atom is 0.263 e. The van der Waals surface area contributed by atoms with Gasteiger partial charge in [0.2, 0.25) is 5.12 Å². The maximum absolute atomic E-state index is 12.6. The van der Waals surface area contributed by atoms with Gasteiger partial charge in [0.05, 0.1) is 0 Å². The van der Waals surface area contributed by atoms with Gasteiger partial charge < -0.3 is 0 Å². The Hall–Kier alpha value is -1.68. The van der Waals surface area contributed by atoms with Crippen LogP contribution in [0.2, 0.25) is 0 Å². The highest BCUT2D eigenvalue weighted by molar-refractivity contribution is 8.14. The number of thioether (sulfide) groups is 1. The van der Waals surface area contributed by atoms with Crippen LogP contribution < -0.4 is 0 Å². The molecule has 0 radical (unpaired) electrons. The van der Waals surface area contributed by atoms with Gasteiger partial charge in [0, 0.05) is 16.0 Å². The van der Waals surface area contributed by atoms with Crippen LogP contribution in [0.15, 0.2) is 53.4 Å². The highest BCUT2D eigenvalue weighted by Crippen LogP contribution is 2.36. The second-order valence-electron chi connectivity index (χ2n) is 6.84. The molecule has 25 heavy (non-hydrogen) atoms. The largest absolute Gasteiger partial charge is 0.281 e. The molecule has 2 aromatic rings. The van der Waals surface area contributed by atoms with Crippen LogP contribution in [0.4, 0.5) is 8.78 Å². The molecule has 1 nitrogen and oxygen atoms in total. The lowest BCUT2D eigenvalue weighted by Gasteiger charge is -2.26. The van der Waals surface area contributed by atoms with Crippen molar-refractivity contribution in [1.82, 2.24) is 0 Å². The monoisotopic (exact) mass is 360 g/mol. The number of halogens is 2. The van der Waals surface area contributed by atoms with E-state index >= 15 is 0 Å². The van der Waals surface area contributed by atoms with Crippen molar-refractivity contribution in [1.29, 1.82) is 0 Å². The van der Waals surface area contributed by atoms with E-state index in [2.05, 4.69) is 19.1 Å². The summed E-state index contributed by atoms with van der Waals surface area (Å²) in [7, 11) is 0. The Labute approximate surface area is 151 Å². The zero-order valence-electron chi connectivity index (χ0n) is 14.3. The Morgan fingerprint density at radius 2 is 1.56 bits per heavy atom. The second kappa shape index (κ2) is 8.13. The fraction of sp³-hybridized carbons (Fsp3) is 0.381. The van der Waals surface area contributed by atoms with Crippen LogP contribution in [-0.2, 0) is 0 Å². The number of carbonyl (C=O) groups is 1. The van der Waals surface area contributed by atoms with E-state index in [0.29, 0.717) is 11.5 Å². The van der Waals surface area contributed by atoms with E-state index < -0.39 is 6.43 Å². The third-order valence-electron chi connectivity index (χ3n) is 4.98. The molecule has 0 N–H and O–H groups in total. The van der Waals surface area contributed by atoms with Crippen LogP contribution in [0.1, 0.15) is 66.4 Å². The summed E-state index contributed by atoms with van der Waals surface area (Å²) < 4.78 is 25.1. The summed E-state index contributed by atoms with van der Waals surface area (Å²) in [5.41, 5.74) is 1.73. The minimum Gasteiger partial charge on any atom is -0.281 e. The van der Waals surface area contributed by atoms with Crippen LogP contribution in [0.25, 0.3) is 0 Å². The van der Waals surface area contributed by atoms with Crippen molar-refractivity contribution in [3.8, 4) is 0 Å². The Morgan fingerprint density at radius 1 is 0.960 bits per heavy atom. The topological polar surface area (TPSA) is 17.1 Å². The average Bonchev–Trinajstić information content (AvgIpc) is 2.63. The molecule has 0 unspecified atom stereocenters. The predicted molar refractivity (Wildman–Crippen MR) is 98.4 cm³/mol. The first-order valence-electron chi connectivity index (χ1n) is 8.73. The average molecular weight is 360 g/mol. The summed E-state index contributed by atoms with van der Waals surface area (Å²) in [4.78, 5) is 13.2. The summed E-state index contributed by atoms with van der Waals surface area (Å²) in [6.07, 6.45) is 2.54. The summed E-state index contributed by atoms with van der Waals surface area (Å²) in [5, 5.41) is -0.125. The van der Waals surface area contributed by atoms with Crippen LogP contribution >= 0.6 is 11.8 Å². The molecule has 0 bridgehead atoms. The summed E-state index contributed by atoms with van der Waals surface area (Å²) in [6, 6.07) is 13.8. The van der Waals surface area contributed by atoms with Gasteiger partial charge >= 0.3 is 0 Å². The molecule has 0 spiro atoms. The first-order valence-corrected chi connectivity index (χ1v) is 9.55. The number of alkyl halides is 2. The lowest BCUT2D eigenvalue weighted by atomic mass is 9.79. The molecule has 132 valence electrons. The molecular formula is C21H22F2OS. The van der Waals surface area contributed by atoms with Crippen molar-refractivity contribution in [2.24, 2.45) is 5.92 Å². The van der Waals surface area contributed by atoms with E-state index in [9.17, 15) is 13.6 Å². The van der Waals surface area contributed by atoms with E-state index in [0.717, 1.165) is 22.6 Å². The van der Waals surface area contributed by atoms with Crippen molar-refractivity contribution in [2.75, 3.05) is 0 Å². The van der Waals surface area contributed by atoms with E-state index in [4.69, 9.17) is 0 Å². The number of hydrogen-bond acceptors (Lipinski definition) is 2. The highest BCUT2D eigenvalue weighted by Gasteiger charge is 2.19. The molecule has 0 aliphatic heterocycles. The zero-order chi connectivity index (χ0) is 17.8. The Morgan fingerprint density at radius 3 is 2.12 bits per heavy atom. The SMILES string of the molecule is C[C@H]1CC[C@H](c2ccc(SC(=O)c3ccc(C(F)F)cc3)cc2)CC1. The van der Waals surface area contributed by atoms with Gasteiger partial charge in [-0.3, -0.25) is 4.79 Å². The van der Waals surface area contributed by atoms with Gasteiger partial charge in [-0.25, -0.2) is 8.78 Å². The first kappa shape index (κ1) is 18.1. The number of carbonyl (C=O) groups excluding carboxylic acids is 1. The molecular weight excluding hydrogens is 338 g/mol. The van der Waals surface area contributed by atoms with Gasteiger partial charge in [-0.15, -0.1) is 0 Å². The van der Waals surface area contributed by atoms with Crippen molar-refractivity contribution < 1.29 is 13.6 Å². The maximum atomic E-state index is 12.6. The van der Waals surface area contributed by atoms with Crippen molar-refractivity contribution in [2.45, 2.75) is 49.8 Å². The molecule has 1 aliphatic carbocycles. The smallest absolute Gasteiger partial charge is 0.263 e. The Bertz CT molecular complexity index is 702. The third-order valence-corrected chi connectivity index (χ3v) is 5.91. The van der Waals surface area contributed by atoms with Crippen molar-refractivity contribution >= 4 is 16.9 Å². The quantitative estimate of drug-likeness (QED) is 0.555. The summed E-state index contributed by atoms with van der Waals surface area (Å²) in [5.74, 6) is 1.47. The molecule has 0 saturated heterocycles. The predicted octanol–water partition coefficient (Wildman–Crippen LogP) is 6.85. The van der Waals surface area contributed by atoms with Gasteiger partial charge in [0.25, 0.3) is 6.43 Å². The first-order chi connectivity index (χ1) is 12.0. The molecule has 3 rings (SSSR count). The fourth-order valence-electron chi connectivity index (χ4n) is 3.33. The minimum absolute atomic E-state index is 0.0623. The van der Waals surface area contributed by atoms with Crippen molar-refractivity contribution in [3.05, 3.63) is 65.2 Å². The molecule has 2 aromatic carbocycles. The summed E-state index contributed by atoms with van der Waals surface area (Å²) in [6.45, 7) is 2.31. The zero-order valence-corrected chi connectivity index (χ0v) is 15.1. The number of hydrogen-bond donors (Lipinski definition) is 0. The van der Waals surface area contributed by atoms with Crippen molar-refractivity contribution in [3.63, 3.8) is 0 Å². The lowest BCUT2D eigenvalue weighted by Crippen LogP contribution is -2.10. The molecule has 1 saturated carbocycles.